The molecule has 3 N–H and O–H groups in total. The molecule has 3 nitrogen and oxygen atoms in total. The van der Waals surface area contributed by atoms with Crippen molar-refractivity contribution in [3.63, 3.8) is 0 Å². The lowest BCUT2D eigenvalue weighted by atomic mass is 10.1. The zero-order chi connectivity index (χ0) is 9.14. The Hall–Kier alpha value is -1.03. The van der Waals surface area contributed by atoms with Gasteiger partial charge >= 0.3 is 0 Å². The van der Waals surface area contributed by atoms with Crippen molar-refractivity contribution in [1.29, 1.82) is 5.41 Å². The molecule has 0 amide bonds. The zero-order valence-electron chi connectivity index (χ0n) is 6.56. The summed E-state index contributed by atoms with van der Waals surface area (Å²) in [6, 6.07) is 0. The molecule has 1 rings (SSSR count). The van der Waals surface area contributed by atoms with Crippen LogP contribution in [0.1, 0.15) is 0 Å². The molecule has 0 heterocycles. The molecular formula is C8H9BrN2O. The Bertz CT molecular complexity index is 302. The molecule has 0 aromatic rings. The molecular weight excluding hydrogens is 220 g/mol. The first kappa shape index (κ1) is 9.06. The normalized spacial score (nSPS) is 20.5. The van der Waals surface area contributed by atoms with Crippen LogP contribution in [0.2, 0.25) is 0 Å². The quantitative estimate of drug-likeness (QED) is 0.642. The van der Waals surface area contributed by atoms with Gasteiger partial charge in [0, 0.05) is 17.7 Å². The highest BCUT2D eigenvalue weighted by atomic mass is 79.9. The molecule has 0 atom stereocenters. The number of aliphatic hydroxyl groups excluding tert-OH is 1. The topological polar surface area (TPSA) is 56.1 Å². The van der Waals surface area contributed by atoms with Crippen molar-refractivity contribution in [3.05, 3.63) is 34.2 Å². The van der Waals surface area contributed by atoms with Crippen LogP contribution in [0.15, 0.2) is 34.2 Å². The molecule has 0 fully saturated rings. The van der Waals surface area contributed by atoms with Gasteiger partial charge in [-0.3, -0.25) is 0 Å². The van der Waals surface area contributed by atoms with E-state index in [4.69, 9.17) is 5.41 Å². The fourth-order valence-corrected chi connectivity index (χ4v) is 1.35. The highest BCUT2D eigenvalue weighted by Gasteiger charge is 2.13. The standard InChI is InChI=1S/C8H9BrN2O/c1-11-4-6-7(10)2-5(9)3-8(6)12/h2-4,10-12H,1H3/b6-4+,10-7?. The summed E-state index contributed by atoms with van der Waals surface area (Å²) >= 11 is 3.18. The summed E-state index contributed by atoms with van der Waals surface area (Å²) in [7, 11) is 1.72. The number of halogens is 1. The van der Waals surface area contributed by atoms with Crippen molar-refractivity contribution in [2.75, 3.05) is 7.05 Å². The first-order valence-corrected chi connectivity index (χ1v) is 4.19. The summed E-state index contributed by atoms with van der Waals surface area (Å²) in [5.74, 6) is 0.101. The summed E-state index contributed by atoms with van der Waals surface area (Å²) in [5, 5.41) is 19.6. The highest BCUT2D eigenvalue weighted by Crippen LogP contribution is 2.21. The van der Waals surface area contributed by atoms with E-state index in [1.165, 1.54) is 0 Å². The lowest BCUT2D eigenvalue weighted by Crippen LogP contribution is -2.09. The average molecular weight is 229 g/mol. The van der Waals surface area contributed by atoms with E-state index in [9.17, 15) is 5.11 Å². The smallest absolute Gasteiger partial charge is 0.127 e. The summed E-state index contributed by atoms with van der Waals surface area (Å²) in [6.45, 7) is 0. The van der Waals surface area contributed by atoms with Crippen molar-refractivity contribution in [2.24, 2.45) is 0 Å². The van der Waals surface area contributed by atoms with E-state index in [-0.39, 0.29) is 11.5 Å². The predicted octanol–water partition coefficient (Wildman–Crippen LogP) is 1.84. The van der Waals surface area contributed by atoms with Gasteiger partial charge in [0.25, 0.3) is 0 Å². The van der Waals surface area contributed by atoms with E-state index < -0.39 is 0 Å². The average Bonchev–Trinajstić information content (AvgIpc) is 1.96. The monoisotopic (exact) mass is 228 g/mol. The number of rotatable bonds is 1. The maximum atomic E-state index is 9.38. The second-order valence-corrected chi connectivity index (χ2v) is 3.23. The van der Waals surface area contributed by atoms with Crippen LogP contribution in [-0.2, 0) is 0 Å². The summed E-state index contributed by atoms with van der Waals surface area (Å²) in [5.41, 5.74) is 0.789. The molecule has 0 bridgehead atoms. The lowest BCUT2D eigenvalue weighted by Gasteiger charge is -2.10. The molecule has 0 aromatic carbocycles. The van der Waals surface area contributed by atoms with Crippen LogP contribution in [-0.4, -0.2) is 17.9 Å². The minimum Gasteiger partial charge on any atom is -0.507 e. The summed E-state index contributed by atoms with van der Waals surface area (Å²) < 4.78 is 0.707. The number of aliphatic hydroxyl groups is 1. The lowest BCUT2D eigenvalue weighted by molar-refractivity contribution is 0.427. The Morgan fingerprint density at radius 3 is 2.75 bits per heavy atom. The van der Waals surface area contributed by atoms with Gasteiger partial charge in [0.15, 0.2) is 0 Å². The van der Waals surface area contributed by atoms with Gasteiger partial charge in [0.2, 0.25) is 0 Å². The molecule has 0 unspecified atom stereocenters. The van der Waals surface area contributed by atoms with Crippen molar-refractivity contribution >= 4 is 21.6 Å². The number of nitrogens with one attached hydrogen (secondary N) is 2. The Kier molecular flexibility index (Phi) is 2.70. The molecule has 0 spiro atoms. The Morgan fingerprint density at radius 2 is 2.25 bits per heavy atom. The van der Waals surface area contributed by atoms with Crippen LogP contribution in [0.25, 0.3) is 0 Å². The number of hydrogen-bond donors (Lipinski definition) is 3. The van der Waals surface area contributed by atoms with Gasteiger partial charge in [-0.2, -0.15) is 0 Å². The Balaban J connectivity index is 3.03. The Morgan fingerprint density at radius 1 is 1.58 bits per heavy atom. The number of hydrogen-bond acceptors (Lipinski definition) is 3. The van der Waals surface area contributed by atoms with Crippen LogP contribution >= 0.6 is 15.9 Å². The van der Waals surface area contributed by atoms with Crippen LogP contribution in [0.4, 0.5) is 0 Å². The summed E-state index contributed by atoms with van der Waals surface area (Å²) in [6.07, 6.45) is 4.77. The van der Waals surface area contributed by atoms with Crippen molar-refractivity contribution in [2.45, 2.75) is 0 Å². The SMILES string of the molecule is CN/C=C1\C(=N)C=C(Br)C=C1O. The van der Waals surface area contributed by atoms with Gasteiger partial charge in [0.05, 0.1) is 11.3 Å². The molecule has 0 aliphatic heterocycles. The Labute approximate surface area is 79.1 Å². The van der Waals surface area contributed by atoms with Gasteiger partial charge in [-0.25, -0.2) is 0 Å². The van der Waals surface area contributed by atoms with E-state index in [0.717, 1.165) is 0 Å². The third-order valence-corrected chi connectivity index (χ3v) is 1.87. The second kappa shape index (κ2) is 3.58. The van der Waals surface area contributed by atoms with Gasteiger partial charge in [0.1, 0.15) is 5.76 Å². The van der Waals surface area contributed by atoms with E-state index in [1.54, 1.807) is 25.4 Å². The number of allylic oxidation sites excluding steroid dienone is 4. The maximum absolute atomic E-state index is 9.38. The van der Waals surface area contributed by atoms with Crippen LogP contribution < -0.4 is 5.32 Å². The molecule has 1 aliphatic rings. The van der Waals surface area contributed by atoms with Crippen LogP contribution in [0.5, 0.6) is 0 Å². The molecule has 0 saturated heterocycles. The molecule has 1 aliphatic carbocycles. The fraction of sp³-hybridized carbons (Fsp3) is 0.125. The van der Waals surface area contributed by atoms with E-state index >= 15 is 0 Å². The minimum absolute atomic E-state index is 0.101. The van der Waals surface area contributed by atoms with Gasteiger partial charge < -0.3 is 15.8 Å². The van der Waals surface area contributed by atoms with Crippen molar-refractivity contribution in [1.82, 2.24) is 5.32 Å². The molecule has 0 radical (unpaired) electrons. The van der Waals surface area contributed by atoms with E-state index in [0.29, 0.717) is 10.1 Å². The molecule has 4 heteroatoms. The van der Waals surface area contributed by atoms with Crippen molar-refractivity contribution in [3.8, 4) is 0 Å². The highest BCUT2D eigenvalue weighted by molar-refractivity contribution is 9.11. The van der Waals surface area contributed by atoms with E-state index in [2.05, 4.69) is 21.2 Å². The van der Waals surface area contributed by atoms with E-state index in [1.807, 2.05) is 0 Å². The molecule has 0 aromatic heterocycles. The molecule has 64 valence electrons. The first-order valence-electron chi connectivity index (χ1n) is 3.39. The minimum atomic E-state index is 0.101. The largest absolute Gasteiger partial charge is 0.507 e. The molecule has 12 heavy (non-hydrogen) atoms. The fourth-order valence-electron chi connectivity index (χ4n) is 0.900. The second-order valence-electron chi connectivity index (χ2n) is 2.32. The summed E-state index contributed by atoms with van der Waals surface area (Å²) in [4.78, 5) is 0. The van der Waals surface area contributed by atoms with Crippen LogP contribution in [0, 0.1) is 5.41 Å². The van der Waals surface area contributed by atoms with Gasteiger partial charge in [-0.05, 0) is 12.2 Å². The third kappa shape index (κ3) is 1.76. The van der Waals surface area contributed by atoms with Gasteiger partial charge in [-0.15, -0.1) is 0 Å². The van der Waals surface area contributed by atoms with Crippen LogP contribution in [0.3, 0.4) is 0 Å². The molecule has 0 saturated carbocycles. The van der Waals surface area contributed by atoms with Gasteiger partial charge in [-0.1, -0.05) is 15.9 Å². The maximum Gasteiger partial charge on any atom is 0.127 e. The zero-order valence-corrected chi connectivity index (χ0v) is 8.14. The first-order chi connectivity index (χ1) is 5.65. The third-order valence-electron chi connectivity index (χ3n) is 1.41. The van der Waals surface area contributed by atoms with Crippen molar-refractivity contribution < 1.29 is 5.11 Å². The predicted molar refractivity (Wildman–Crippen MR) is 52.6 cm³/mol.